The normalized spacial score (nSPS) is 10.4. The summed E-state index contributed by atoms with van der Waals surface area (Å²) in [6, 6.07) is 15.9. The molecule has 2 amide bonds. The Morgan fingerprint density at radius 2 is 1.79 bits per heavy atom. The third kappa shape index (κ3) is 3.52. The van der Waals surface area contributed by atoms with Crippen LogP contribution in [0.25, 0.3) is 10.9 Å². The van der Waals surface area contributed by atoms with Crippen molar-refractivity contribution in [3.63, 3.8) is 0 Å². The van der Waals surface area contributed by atoms with Gasteiger partial charge in [0.2, 0.25) is 5.91 Å². The van der Waals surface area contributed by atoms with Crippen LogP contribution in [0.15, 0.2) is 54.6 Å². The number of hydrogen-bond acceptors (Lipinski definition) is 3. The zero-order valence-corrected chi connectivity index (χ0v) is 13.6. The Hall–Kier alpha value is -2.92. The molecule has 120 valence electrons. The molecule has 0 saturated heterocycles. The Kier molecular flexibility index (Phi) is 4.44. The summed E-state index contributed by atoms with van der Waals surface area (Å²) in [5.41, 5.74) is 1.98. The number of benzene rings is 2. The van der Waals surface area contributed by atoms with Gasteiger partial charge >= 0.3 is 0 Å². The van der Waals surface area contributed by atoms with Crippen LogP contribution in [0, 0.1) is 0 Å². The molecule has 0 aliphatic carbocycles. The van der Waals surface area contributed by atoms with Crippen molar-refractivity contribution in [2.24, 2.45) is 0 Å². The molecule has 0 spiro atoms. The highest BCUT2D eigenvalue weighted by atomic mass is 35.5. The summed E-state index contributed by atoms with van der Waals surface area (Å²) in [6.45, 7) is 1.41. The van der Waals surface area contributed by atoms with Crippen molar-refractivity contribution in [2.45, 2.75) is 6.92 Å². The Morgan fingerprint density at radius 3 is 2.58 bits per heavy atom. The standard InChI is InChI=1S/C18H14ClN3O2/c1-11(23)20-13-7-8-14(19)17(10-13)22-18(24)16-9-6-12-4-2-3-5-15(12)21-16/h2-10H,1H3,(H,20,23)(H,22,24). The van der Waals surface area contributed by atoms with Crippen LogP contribution in [0.3, 0.4) is 0 Å². The molecular formula is C18H14ClN3O2. The Bertz CT molecular complexity index is 940. The number of carbonyl (C=O) groups excluding carboxylic acids is 2. The fourth-order valence-electron chi connectivity index (χ4n) is 2.28. The van der Waals surface area contributed by atoms with E-state index < -0.39 is 0 Å². The number of nitrogens with one attached hydrogen (secondary N) is 2. The van der Waals surface area contributed by atoms with Crippen molar-refractivity contribution < 1.29 is 9.59 Å². The lowest BCUT2D eigenvalue weighted by Crippen LogP contribution is -2.14. The van der Waals surface area contributed by atoms with Gasteiger partial charge in [-0.2, -0.15) is 0 Å². The molecule has 0 atom stereocenters. The molecule has 24 heavy (non-hydrogen) atoms. The molecule has 1 aromatic heterocycles. The largest absolute Gasteiger partial charge is 0.326 e. The summed E-state index contributed by atoms with van der Waals surface area (Å²) in [4.78, 5) is 27.9. The lowest BCUT2D eigenvalue weighted by Gasteiger charge is -2.10. The fraction of sp³-hybridized carbons (Fsp3) is 0.0556. The monoisotopic (exact) mass is 339 g/mol. The SMILES string of the molecule is CC(=O)Nc1ccc(Cl)c(NC(=O)c2ccc3ccccc3n2)c1. The molecule has 2 N–H and O–H groups in total. The zero-order chi connectivity index (χ0) is 17.1. The Labute approximate surface area is 143 Å². The summed E-state index contributed by atoms with van der Waals surface area (Å²) < 4.78 is 0. The summed E-state index contributed by atoms with van der Waals surface area (Å²) >= 11 is 6.11. The van der Waals surface area contributed by atoms with Gasteiger partial charge in [-0.15, -0.1) is 0 Å². The first kappa shape index (κ1) is 16.0. The van der Waals surface area contributed by atoms with E-state index in [-0.39, 0.29) is 17.5 Å². The molecule has 0 fully saturated rings. The van der Waals surface area contributed by atoms with Crippen LogP contribution in [-0.2, 0) is 4.79 Å². The van der Waals surface area contributed by atoms with E-state index in [1.54, 1.807) is 24.3 Å². The molecule has 0 aliphatic rings. The summed E-state index contributed by atoms with van der Waals surface area (Å²) in [7, 11) is 0. The molecule has 3 aromatic rings. The maximum Gasteiger partial charge on any atom is 0.274 e. The first-order valence-corrected chi connectivity index (χ1v) is 7.65. The van der Waals surface area contributed by atoms with Crippen molar-refractivity contribution in [2.75, 3.05) is 10.6 Å². The predicted molar refractivity (Wildman–Crippen MR) is 95.5 cm³/mol. The van der Waals surface area contributed by atoms with Gasteiger partial charge in [0.15, 0.2) is 0 Å². The van der Waals surface area contributed by atoms with E-state index in [0.29, 0.717) is 16.4 Å². The van der Waals surface area contributed by atoms with Gasteiger partial charge in [0.1, 0.15) is 5.69 Å². The topological polar surface area (TPSA) is 71.1 Å². The van der Waals surface area contributed by atoms with Crippen LogP contribution in [0.1, 0.15) is 17.4 Å². The van der Waals surface area contributed by atoms with E-state index in [9.17, 15) is 9.59 Å². The summed E-state index contributed by atoms with van der Waals surface area (Å²) in [5.74, 6) is -0.576. The van der Waals surface area contributed by atoms with E-state index >= 15 is 0 Å². The maximum atomic E-state index is 12.4. The number of halogens is 1. The van der Waals surface area contributed by atoms with Crippen LogP contribution in [-0.4, -0.2) is 16.8 Å². The quantitative estimate of drug-likeness (QED) is 0.754. The van der Waals surface area contributed by atoms with Crippen molar-refractivity contribution in [3.8, 4) is 0 Å². The van der Waals surface area contributed by atoms with Crippen LogP contribution in [0.2, 0.25) is 5.02 Å². The molecule has 6 heteroatoms. The van der Waals surface area contributed by atoms with Crippen LogP contribution < -0.4 is 10.6 Å². The fourth-order valence-corrected chi connectivity index (χ4v) is 2.45. The molecule has 0 radical (unpaired) electrons. The number of pyridine rings is 1. The van der Waals surface area contributed by atoms with E-state index in [2.05, 4.69) is 15.6 Å². The number of rotatable bonds is 3. The van der Waals surface area contributed by atoms with E-state index in [0.717, 1.165) is 10.9 Å². The minimum absolute atomic E-state index is 0.203. The highest BCUT2D eigenvalue weighted by Crippen LogP contribution is 2.26. The lowest BCUT2D eigenvalue weighted by atomic mass is 10.2. The molecule has 3 rings (SSSR count). The maximum absolute atomic E-state index is 12.4. The number of aromatic nitrogens is 1. The third-order valence-corrected chi connectivity index (χ3v) is 3.70. The first-order chi connectivity index (χ1) is 11.5. The second kappa shape index (κ2) is 6.68. The smallest absolute Gasteiger partial charge is 0.274 e. The molecule has 1 heterocycles. The van der Waals surface area contributed by atoms with E-state index in [1.807, 2.05) is 30.3 Å². The molecule has 0 bridgehead atoms. The van der Waals surface area contributed by atoms with Gasteiger partial charge in [0.05, 0.1) is 16.2 Å². The van der Waals surface area contributed by atoms with Gasteiger partial charge in [0, 0.05) is 18.0 Å². The Morgan fingerprint density at radius 1 is 1.00 bits per heavy atom. The number of para-hydroxylation sites is 1. The van der Waals surface area contributed by atoms with Gasteiger partial charge in [0.25, 0.3) is 5.91 Å². The molecule has 5 nitrogen and oxygen atoms in total. The third-order valence-electron chi connectivity index (χ3n) is 3.37. The number of carbonyl (C=O) groups is 2. The van der Waals surface area contributed by atoms with Crippen molar-refractivity contribution in [3.05, 3.63) is 65.3 Å². The van der Waals surface area contributed by atoms with E-state index in [4.69, 9.17) is 11.6 Å². The van der Waals surface area contributed by atoms with Crippen LogP contribution in [0.5, 0.6) is 0 Å². The second-order valence-electron chi connectivity index (χ2n) is 5.22. The lowest BCUT2D eigenvalue weighted by molar-refractivity contribution is -0.114. The van der Waals surface area contributed by atoms with Gasteiger partial charge in [-0.3, -0.25) is 9.59 Å². The van der Waals surface area contributed by atoms with Crippen LogP contribution in [0.4, 0.5) is 11.4 Å². The summed E-state index contributed by atoms with van der Waals surface area (Å²) in [6.07, 6.45) is 0. The highest BCUT2D eigenvalue weighted by molar-refractivity contribution is 6.34. The van der Waals surface area contributed by atoms with Crippen LogP contribution >= 0.6 is 11.6 Å². The molecule has 0 saturated carbocycles. The van der Waals surface area contributed by atoms with Gasteiger partial charge < -0.3 is 10.6 Å². The highest BCUT2D eigenvalue weighted by Gasteiger charge is 2.11. The number of nitrogens with zero attached hydrogens (tertiary/aromatic N) is 1. The van der Waals surface area contributed by atoms with E-state index in [1.165, 1.54) is 6.92 Å². The van der Waals surface area contributed by atoms with Gasteiger partial charge in [-0.1, -0.05) is 35.9 Å². The second-order valence-corrected chi connectivity index (χ2v) is 5.63. The minimum Gasteiger partial charge on any atom is -0.326 e. The van der Waals surface area contributed by atoms with Gasteiger partial charge in [-0.05, 0) is 30.3 Å². The first-order valence-electron chi connectivity index (χ1n) is 7.27. The summed E-state index contributed by atoms with van der Waals surface area (Å²) in [5, 5.41) is 6.70. The predicted octanol–water partition coefficient (Wildman–Crippen LogP) is 4.10. The molecule has 2 aromatic carbocycles. The number of fused-ring (bicyclic) bond motifs is 1. The number of anilines is 2. The number of amides is 2. The molecule has 0 aliphatic heterocycles. The number of hydrogen-bond donors (Lipinski definition) is 2. The average Bonchev–Trinajstić information content (AvgIpc) is 2.57. The van der Waals surface area contributed by atoms with Crippen molar-refractivity contribution in [1.29, 1.82) is 0 Å². The van der Waals surface area contributed by atoms with Crippen molar-refractivity contribution in [1.82, 2.24) is 4.98 Å². The molecule has 0 unspecified atom stereocenters. The Balaban J connectivity index is 1.86. The van der Waals surface area contributed by atoms with Gasteiger partial charge in [-0.25, -0.2) is 4.98 Å². The minimum atomic E-state index is -0.373. The van der Waals surface area contributed by atoms with Crippen molar-refractivity contribution >= 4 is 45.7 Å². The molecular weight excluding hydrogens is 326 g/mol. The average molecular weight is 340 g/mol. The zero-order valence-electron chi connectivity index (χ0n) is 12.8.